The first kappa shape index (κ1) is 20.5. The lowest BCUT2D eigenvalue weighted by molar-refractivity contribution is 0.0734. The van der Waals surface area contributed by atoms with Crippen LogP contribution in [-0.2, 0) is 5.41 Å². The van der Waals surface area contributed by atoms with Crippen molar-refractivity contribution in [2.45, 2.75) is 26.2 Å². The second-order valence-electron chi connectivity index (χ2n) is 7.46. The lowest BCUT2D eigenvalue weighted by atomic mass is 9.87. The molecule has 2 aromatic carbocycles. The fourth-order valence-electron chi connectivity index (χ4n) is 2.52. The molecule has 0 aliphatic heterocycles. The van der Waals surface area contributed by atoms with Crippen LogP contribution < -0.4 is 10.2 Å². The van der Waals surface area contributed by atoms with Crippen LogP contribution in [0, 0.1) is 0 Å². The van der Waals surface area contributed by atoms with Gasteiger partial charge in [-0.25, -0.2) is 10.2 Å². The Bertz CT molecular complexity index is 1000. The number of carbonyl (C=O) groups is 2. The molecule has 0 spiro atoms. The molecule has 1 heterocycles. The molecular weight excluding hydrogens is 384 g/mol. The van der Waals surface area contributed by atoms with Gasteiger partial charge in [0.15, 0.2) is 0 Å². The van der Waals surface area contributed by atoms with E-state index in [0.29, 0.717) is 16.2 Å². The molecule has 0 saturated carbocycles. The second kappa shape index (κ2) is 8.84. The molecule has 0 aliphatic rings. The van der Waals surface area contributed by atoms with E-state index in [-0.39, 0.29) is 11.3 Å². The summed E-state index contributed by atoms with van der Waals surface area (Å²) >= 11 is 1.35. The van der Waals surface area contributed by atoms with Gasteiger partial charge in [0.25, 0.3) is 5.91 Å². The minimum absolute atomic E-state index is 0.0308. The second-order valence-corrected chi connectivity index (χ2v) is 8.41. The molecule has 0 bridgehead atoms. The van der Waals surface area contributed by atoms with Crippen molar-refractivity contribution in [3.63, 3.8) is 0 Å². The first-order chi connectivity index (χ1) is 13.8. The summed E-state index contributed by atoms with van der Waals surface area (Å²) in [5, 5.41) is 5.77. The molecule has 29 heavy (non-hydrogen) atoms. The zero-order valence-electron chi connectivity index (χ0n) is 16.5. The zero-order valence-corrected chi connectivity index (χ0v) is 17.3. The standard InChI is InChI=1S/C23H22N2O3S/c1-23(2,3)18-10-8-17(9-11-18)22(27)28-19-12-6-16(7-13-19)15-24-25-21(26)20-5-4-14-29-20/h4-15H,1-3H3,(H,25,26)/b24-15-. The van der Waals surface area contributed by atoms with Gasteiger partial charge in [-0.15, -0.1) is 11.3 Å². The van der Waals surface area contributed by atoms with Crippen LogP contribution in [0.4, 0.5) is 0 Å². The van der Waals surface area contributed by atoms with E-state index in [2.05, 4.69) is 31.3 Å². The van der Waals surface area contributed by atoms with Gasteiger partial charge in [0, 0.05) is 0 Å². The first-order valence-electron chi connectivity index (χ1n) is 9.12. The number of esters is 1. The summed E-state index contributed by atoms with van der Waals surface area (Å²) in [6, 6.07) is 17.9. The molecule has 0 unspecified atom stereocenters. The molecule has 0 radical (unpaired) electrons. The number of thiophene rings is 1. The number of nitrogens with zero attached hydrogens (tertiary/aromatic N) is 1. The Morgan fingerprint density at radius 3 is 2.28 bits per heavy atom. The SMILES string of the molecule is CC(C)(C)c1ccc(C(=O)Oc2ccc(/C=N\NC(=O)c3cccs3)cc2)cc1. The molecule has 6 heteroatoms. The van der Waals surface area contributed by atoms with Crippen LogP contribution in [0.3, 0.4) is 0 Å². The van der Waals surface area contributed by atoms with Gasteiger partial charge in [0.2, 0.25) is 0 Å². The van der Waals surface area contributed by atoms with E-state index in [4.69, 9.17) is 4.74 Å². The highest BCUT2D eigenvalue weighted by Gasteiger charge is 2.15. The van der Waals surface area contributed by atoms with Gasteiger partial charge in [0.05, 0.1) is 16.7 Å². The van der Waals surface area contributed by atoms with Crippen molar-refractivity contribution in [2.75, 3.05) is 0 Å². The molecular formula is C23H22N2O3S. The van der Waals surface area contributed by atoms with Crippen LogP contribution in [0.1, 0.15) is 51.9 Å². The van der Waals surface area contributed by atoms with Gasteiger partial charge in [0.1, 0.15) is 5.75 Å². The van der Waals surface area contributed by atoms with Gasteiger partial charge >= 0.3 is 5.97 Å². The lowest BCUT2D eigenvalue weighted by Crippen LogP contribution is -2.16. The maximum absolute atomic E-state index is 12.3. The molecule has 3 aromatic rings. The molecule has 3 rings (SSSR count). The summed E-state index contributed by atoms with van der Waals surface area (Å²) in [7, 11) is 0. The van der Waals surface area contributed by atoms with Crippen LogP contribution in [0.15, 0.2) is 71.1 Å². The van der Waals surface area contributed by atoms with Crippen molar-refractivity contribution in [2.24, 2.45) is 5.10 Å². The predicted molar refractivity (Wildman–Crippen MR) is 116 cm³/mol. The van der Waals surface area contributed by atoms with E-state index < -0.39 is 5.97 Å². The maximum atomic E-state index is 12.3. The molecule has 5 nitrogen and oxygen atoms in total. The number of nitrogens with one attached hydrogen (secondary N) is 1. The molecule has 148 valence electrons. The molecule has 0 aliphatic carbocycles. The topological polar surface area (TPSA) is 67.8 Å². The Labute approximate surface area is 174 Å². The Balaban J connectivity index is 1.56. The molecule has 1 aromatic heterocycles. The van der Waals surface area contributed by atoms with Gasteiger partial charge in [-0.05, 0) is 64.4 Å². The molecule has 0 atom stereocenters. The van der Waals surface area contributed by atoms with Gasteiger partial charge in [-0.2, -0.15) is 5.10 Å². The predicted octanol–water partition coefficient (Wildman–Crippen LogP) is 5.03. The smallest absolute Gasteiger partial charge is 0.343 e. The summed E-state index contributed by atoms with van der Waals surface area (Å²) in [6.45, 7) is 6.37. The third-order valence-electron chi connectivity index (χ3n) is 4.20. The summed E-state index contributed by atoms with van der Waals surface area (Å²) in [5.41, 5.74) is 4.93. The van der Waals surface area contributed by atoms with Crippen LogP contribution in [0.5, 0.6) is 5.75 Å². The molecule has 0 saturated heterocycles. The molecule has 0 fully saturated rings. The largest absolute Gasteiger partial charge is 0.423 e. The van der Waals surface area contributed by atoms with E-state index in [0.717, 1.165) is 11.1 Å². The average molecular weight is 407 g/mol. The number of hydrazone groups is 1. The fraction of sp³-hybridized carbons (Fsp3) is 0.174. The number of benzene rings is 2. The highest BCUT2D eigenvalue weighted by atomic mass is 32.1. The van der Waals surface area contributed by atoms with Crippen LogP contribution >= 0.6 is 11.3 Å². The number of hydrogen-bond donors (Lipinski definition) is 1. The van der Waals surface area contributed by atoms with E-state index in [1.54, 1.807) is 42.5 Å². The van der Waals surface area contributed by atoms with Crippen molar-refractivity contribution in [3.8, 4) is 5.75 Å². The molecule has 1 amide bonds. The van der Waals surface area contributed by atoms with Crippen LogP contribution in [0.25, 0.3) is 0 Å². The van der Waals surface area contributed by atoms with E-state index >= 15 is 0 Å². The fourth-order valence-corrected chi connectivity index (χ4v) is 3.14. The quantitative estimate of drug-likeness (QED) is 0.280. The van der Waals surface area contributed by atoms with Gasteiger partial charge in [-0.1, -0.05) is 39.0 Å². The summed E-state index contributed by atoms with van der Waals surface area (Å²) < 4.78 is 5.42. The summed E-state index contributed by atoms with van der Waals surface area (Å²) in [5.74, 6) is -0.218. The van der Waals surface area contributed by atoms with Gasteiger partial charge < -0.3 is 4.74 Å². The van der Waals surface area contributed by atoms with Crippen molar-refractivity contribution < 1.29 is 14.3 Å². The highest BCUT2D eigenvalue weighted by molar-refractivity contribution is 7.12. The molecule has 1 N–H and O–H groups in total. The normalized spacial score (nSPS) is 11.4. The van der Waals surface area contributed by atoms with E-state index in [1.165, 1.54) is 17.6 Å². The van der Waals surface area contributed by atoms with Crippen molar-refractivity contribution in [3.05, 3.63) is 87.6 Å². The maximum Gasteiger partial charge on any atom is 0.343 e. The number of ether oxygens (including phenoxy) is 1. The Morgan fingerprint density at radius 1 is 1.00 bits per heavy atom. The zero-order chi connectivity index (χ0) is 20.9. The Morgan fingerprint density at radius 2 is 1.69 bits per heavy atom. The Hall–Kier alpha value is -3.25. The average Bonchev–Trinajstić information content (AvgIpc) is 3.24. The van der Waals surface area contributed by atoms with Crippen molar-refractivity contribution >= 4 is 29.4 Å². The number of hydrogen-bond acceptors (Lipinski definition) is 5. The lowest BCUT2D eigenvalue weighted by Gasteiger charge is -2.18. The van der Waals surface area contributed by atoms with Crippen molar-refractivity contribution in [1.29, 1.82) is 0 Å². The third-order valence-corrected chi connectivity index (χ3v) is 5.07. The number of carbonyl (C=O) groups excluding carboxylic acids is 2. The minimum atomic E-state index is -0.407. The Kier molecular flexibility index (Phi) is 6.24. The number of rotatable bonds is 5. The summed E-state index contributed by atoms with van der Waals surface area (Å²) in [6.07, 6.45) is 1.53. The van der Waals surface area contributed by atoms with Crippen LogP contribution in [0.2, 0.25) is 0 Å². The third kappa shape index (κ3) is 5.62. The summed E-state index contributed by atoms with van der Waals surface area (Å²) in [4.78, 5) is 24.7. The monoisotopic (exact) mass is 406 g/mol. The minimum Gasteiger partial charge on any atom is -0.423 e. The van der Waals surface area contributed by atoms with E-state index in [9.17, 15) is 9.59 Å². The highest BCUT2D eigenvalue weighted by Crippen LogP contribution is 2.22. The first-order valence-corrected chi connectivity index (χ1v) is 10.0. The van der Waals surface area contributed by atoms with E-state index in [1.807, 2.05) is 23.6 Å². The van der Waals surface area contributed by atoms with Crippen LogP contribution in [-0.4, -0.2) is 18.1 Å². The number of amides is 1. The van der Waals surface area contributed by atoms with Crippen molar-refractivity contribution in [1.82, 2.24) is 5.43 Å². The van der Waals surface area contributed by atoms with Gasteiger partial charge in [-0.3, -0.25) is 4.79 Å².